The SMILES string of the molecule is COc1ccc(OC)c(S(=O)(=O)N2CC[NH+](CCCC#N)CC2)c1. The van der Waals surface area contributed by atoms with Crippen LogP contribution in [-0.4, -0.2) is 59.7 Å². The summed E-state index contributed by atoms with van der Waals surface area (Å²) in [5.74, 6) is 0.801. The van der Waals surface area contributed by atoms with E-state index in [0.717, 1.165) is 26.1 Å². The van der Waals surface area contributed by atoms with Gasteiger partial charge in [0.15, 0.2) is 0 Å². The van der Waals surface area contributed by atoms with E-state index >= 15 is 0 Å². The second-order valence-electron chi connectivity index (χ2n) is 5.68. The average Bonchev–Trinajstić information content (AvgIpc) is 2.61. The minimum absolute atomic E-state index is 0.136. The first-order valence-electron chi connectivity index (χ1n) is 7.95. The third kappa shape index (κ3) is 4.17. The van der Waals surface area contributed by atoms with Crippen molar-refractivity contribution >= 4 is 10.0 Å². The van der Waals surface area contributed by atoms with Crippen molar-refractivity contribution < 1.29 is 22.8 Å². The molecule has 24 heavy (non-hydrogen) atoms. The van der Waals surface area contributed by atoms with E-state index in [1.807, 2.05) is 0 Å². The number of hydrogen-bond donors (Lipinski definition) is 1. The lowest BCUT2D eigenvalue weighted by Gasteiger charge is -2.31. The molecule has 0 radical (unpaired) electrons. The maximum atomic E-state index is 12.9. The first-order chi connectivity index (χ1) is 11.5. The normalized spacial score (nSPS) is 16.5. The zero-order valence-electron chi connectivity index (χ0n) is 14.1. The molecule has 1 aromatic carbocycles. The molecule has 1 fully saturated rings. The van der Waals surface area contributed by atoms with E-state index < -0.39 is 10.0 Å². The van der Waals surface area contributed by atoms with Crippen molar-refractivity contribution in [2.75, 3.05) is 46.9 Å². The molecule has 0 saturated carbocycles. The van der Waals surface area contributed by atoms with Crippen LogP contribution in [0.5, 0.6) is 11.5 Å². The van der Waals surface area contributed by atoms with E-state index in [1.54, 1.807) is 12.1 Å². The number of methoxy groups -OCH3 is 2. The molecule has 1 aliphatic heterocycles. The number of benzene rings is 1. The standard InChI is InChI=1S/C16H23N3O4S/c1-22-14-5-6-15(23-2)16(13-14)24(20,21)19-11-9-18(10-12-19)8-4-3-7-17/h5-6,13H,3-4,8-12H2,1-2H3/p+1. The molecule has 1 N–H and O–H groups in total. The third-order valence-corrected chi connectivity index (χ3v) is 6.16. The molecule has 132 valence electrons. The Morgan fingerprint density at radius 2 is 1.96 bits per heavy atom. The second-order valence-corrected chi connectivity index (χ2v) is 7.59. The van der Waals surface area contributed by atoms with Crippen LogP contribution in [-0.2, 0) is 10.0 Å². The molecule has 0 aromatic heterocycles. The van der Waals surface area contributed by atoms with Crippen molar-refractivity contribution in [2.24, 2.45) is 0 Å². The van der Waals surface area contributed by atoms with Crippen LogP contribution in [0.3, 0.4) is 0 Å². The quantitative estimate of drug-likeness (QED) is 0.691. The van der Waals surface area contributed by atoms with E-state index in [1.165, 1.54) is 29.5 Å². The monoisotopic (exact) mass is 354 g/mol. The summed E-state index contributed by atoms with van der Waals surface area (Å²) in [6, 6.07) is 6.92. The molecule has 8 heteroatoms. The molecule has 0 aliphatic carbocycles. The average molecular weight is 354 g/mol. The number of quaternary nitrogens is 1. The lowest BCUT2D eigenvalue weighted by molar-refractivity contribution is -0.903. The fourth-order valence-corrected chi connectivity index (χ4v) is 4.45. The molecule has 1 saturated heterocycles. The molecule has 0 unspecified atom stereocenters. The Hall–Kier alpha value is -1.82. The zero-order valence-corrected chi connectivity index (χ0v) is 14.9. The highest BCUT2D eigenvalue weighted by molar-refractivity contribution is 7.89. The topological polar surface area (TPSA) is 84.1 Å². The highest BCUT2D eigenvalue weighted by atomic mass is 32.2. The van der Waals surface area contributed by atoms with Crippen molar-refractivity contribution in [3.8, 4) is 17.6 Å². The first kappa shape index (κ1) is 18.5. The first-order valence-corrected chi connectivity index (χ1v) is 9.39. The molecule has 1 aliphatic rings. The van der Waals surface area contributed by atoms with E-state index in [2.05, 4.69) is 6.07 Å². The number of unbranched alkanes of at least 4 members (excludes halogenated alkanes) is 1. The fourth-order valence-electron chi connectivity index (χ4n) is 2.83. The van der Waals surface area contributed by atoms with Gasteiger partial charge in [-0.1, -0.05) is 0 Å². The number of nitriles is 1. The molecule has 1 aromatic rings. The van der Waals surface area contributed by atoms with Crippen LogP contribution in [0.2, 0.25) is 0 Å². The largest absolute Gasteiger partial charge is 0.497 e. The van der Waals surface area contributed by atoms with Crippen LogP contribution in [0, 0.1) is 11.3 Å². The number of rotatable bonds is 7. The van der Waals surface area contributed by atoms with Gasteiger partial charge in [-0.25, -0.2) is 8.42 Å². The zero-order chi connectivity index (χ0) is 17.6. The van der Waals surface area contributed by atoms with E-state index in [9.17, 15) is 8.42 Å². The van der Waals surface area contributed by atoms with Crippen LogP contribution in [0.25, 0.3) is 0 Å². The van der Waals surface area contributed by atoms with Crippen molar-refractivity contribution in [1.29, 1.82) is 5.26 Å². The van der Waals surface area contributed by atoms with E-state index in [-0.39, 0.29) is 4.90 Å². The molecular formula is C16H24N3O4S+. The van der Waals surface area contributed by atoms with Crippen LogP contribution >= 0.6 is 0 Å². The van der Waals surface area contributed by atoms with Gasteiger partial charge in [-0.05, 0) is 12.1 Å². The number of ether oxygens (including phenoxy) is 2. The number of nitrogens with zero attached hydrogens (tertiary/aromatic N) is 2. The van der Waals surface area contributed by atoms with Gasteiger partial charge >= 0.3 is 0 Å². The highest BCUT2D eigenvalue weighted by Crippen LogP contribution is 2.30. The van der Waals surface area contributed by atoms with Crippen molar-refractivity contribution in [3.63, 3.8) is 0 Å². The number of hydrogen-bond acceptors (Lipinski definition) is 5. The van der Waals surface area contributed by atoms with Crippen LogP contribution in [0.15, 0.2) is 23.1 Å². The van der Waals surface area contributed by atoms with Gasteiger partial charge in [-0.2, -0.15) is 9.57 Å². The van der Waals surface area contributed by atoms with E-state index in [4.69, 9.17) is 14.7 Å². The maximum absolute atomic E-state index is 12.9. The Balaban J connectivity index is 2.11. The summed E-state index contributed by atoms with van der Waals surface area (Å²) < 4.78 is 37.7. The molecule has 0 spiro atoms. The van der Waals surface area contributed by atoms with Gasteiger partial charge in [0.1, 0.15) is 16.4 Å². The lowest BCUT2D eigenvalue weighted by Crippen LogP contribution is -3.14. The van der Waals surface area contributed by atoms with Crippen molar-refractivity contribution in [3.05, 3.63) is 18.2 Å². The third-order valence-electron chi connectivity index (χ3n) is 4.24. The van der Waals surface area contributed by atoms with Gasteiger partial charge in [0.2, 0.25) is 10.0 Å². The van der Waals surface area contributed by atoms with Gasteiger partial charge < -0.3 is 14.4 Å². The van der Waals surface area contributed by atoms with Gasteiger partial charge in [0.25, 0.3) is 0 Å². The summed E-state index contributed by atoms with van der Waals surface area (Å²) >= 11 is 0. The van der Waals surface area contributed by atoms with Gasteiger partial charge in [0.05, 0.1) is 53.0 Å². The lowest BCUT2D eigenvalue weighted by atomic mass is 10.3. The molecule has 0 atom stereocenters. The van der Waals surface area contributed by atoms with Crippen LogP contribution in [0.1, 0.15) is 12.8 Å². The van der Waals surface area contributed by atoms with Crippen molar-refractivity contribution in [1.82, 2.24) is 4.31 Å². The molecule has 0 amide bonds. The highest BCUT2D eigenvalue weighted by Gasteiger charge is 2.32. The number of nitrogens with one attached hydrogen (secondary N) is 1. The Morgan fingerprint density at radius 3 is 2.54 bits per heavy atom. The number of sulfonamides is 1. The van der Waals surface area contributed by atoms with Gasteiger partial charge in [-0.3, -0.25) is 0 Å². The predicted octanol–water partition coefficient (Wildman–Crippen LogP) is -0.103. The second kappa shape index (κ2) is 8.33. The molecule has 0 bridgehead atoms. The van der Waals surface area contributed by atoms with Crippen LogP contribution in [0.4, 0.5) is 0 Å². The minimum Gasteiger partial charge on any atom is -0.497 e. The molecule has 2 rings (SSSR count). The molecular weight excluding hydrogens is 330 g/mol. The fraction of sp³-hybridized carbons (Fsp3) is 0.562. The van der Waals surface area contributed by atoms with Crippen LogP contribution < -0.4 is 14.4 Å². The Bertz CT molecular complexity index is 692. The van der Waals surface area contributed by atoms with Crippen molar-refractivity contribution in [2.45, 2.75) is 17.7 Å². The minimum atomic E-state index is -3.62. The summed E-state index contributed by atoms with van der Waals surface area (Å²) in [5.41, 5.74) is 0. The summed E-state index contributed by atoms with van der Waals surface area (Å²) in [6.45, 7) is 3.33. The summed E-state index contributed by atoms with van der Waals surface area (Å²) in [5, 5.41) is 8.59. The van der Waals surface area contributed by atoms with E-state index in [0.29, 0.717) is 31.0 Å². The Morgan fingerprint density at radius 1 is 1.25 bits per heavy atom. The van der Waals surface area contributed by atoms with Gasteiger partial charge in [0, 0.05) is 18.9 Å². The van der Waals surface area contributed by atoms with Gasteiger partial charge in [-0.15, -0.1) is 0 Å². The predicted molar refractivity (Wildman–Crippen MR) is 88.7 cm³/mol. The molecule has 1 heterocycles. The smallest absolute Gasteiger partial charge is 0.247 e. The maximum Gasteiger partial charge on any atom is 0.247 e. The Kier molecular flexibility index (Phi) is 6.43. The summed E-state index contributed by atoms with van der Waals surface area (Å²) in [7, 11) is -0.665. The number of piperazine rings is 1. The summed E-state index contributed by atoms with van der Waals surface area (Å²) in [6.07, 6.45) is 1.40. The molecule has 7 nitrogen and oxygen atoms in total. The Labute approximate surface area is 143 Å². The summed E-state index contributed by atoms with van der Waals surface area (Å²) in [4.78, 5) is 1.48.